The highest BCUT2D eigenvalue weighted by Crippen LogP contribution is 2.20. The molecule has 0 aliphatic heterocycles. The molecule has 1 nitrogen and oxygen atoms in total. The van der Waals surface area contributed by atoms with E-state index in [0.29, 0.717) is 5.92 Å². The van der Waals surface area contributed by atoms with Crippen LogP contribution in [0.25, 0.3) is 10.9 Å². The number of rotatable bonds is 1. The monoisotopic (exact) mass is 203 g/mol. The molecule has 0 radical (unpaired) electrons. The molecule has 2 aromatic rings. The summed E-state index contributed by atoms with van der Waals surface area (Å²) < 4.78 is 0.918. The van der Waals surface area contributed by atoms with Crippen molar-refractivity contribution in [2.75, 3.05) is 0 Å². The molecule has 0 amide bonds. The smallest absolute Gasteiger partial charge is 0.0484 e. The van der Waals surface area contributed by atoms with Crippen LogP contribution in [0.3, 0.4) is 0 Å². The quantitative estimate of drug-likeness (QED) is 0.692. The average molecular weight is 203 g/mol. The second-order valence-electron chi connectivity index (χ2n) is 3.80. The Kier molecular flexibility index (Phi) is 2.38. The first-order valence-electron chi connectivity index (χ1n) is 4.80. The van der Waals surface area contributed by atoms with E-state index in [1.165, 1.54) is 5.56 Å². The first kappa shape index (κ1) is 9.41. The molecule has 0 atom stereocenters. The highest BCUT2D eigenvalue weighted by atomic mass is 32.1. The first-order chi connectivity index (χ1) is 6.68. The van der Waals surface area contributed by atoms with Gasteiger partial charge < -0.3 is 4.98 Å². The fourth-order valence-corrected chi connectivity index (χ4v) is 1.78. The van der Waals surface area contributed by atoms with E-state index >= 15 is 0 Å². The van der Waals surface area contributed by atoms with Crippen molar-refractivity contribution in [2.24, 2.45) is 0 Å². The van der Waals surface area contributed by atoms with Gasteiger partial charge in [0.15, 0.2) is 0 Å². The third-order valence-corrected chi connectivity index (χ3v) is 2.81. The molecule has 1 heterocycles. The van der Waals surface area contributed by atoms with Crippen LogP contribution in [-0.2, 0) is 0 Å². The van der Waals surface area contributed by atoms with E-state index in [2.05, 4.69) is 37.0 Å². The van der Waals surface area contributed by atoms with Crippen LogP contribution >= 0.6 is 12.2 Å². The standard InChI is InChI=1S/C12H13NS/c1-8(2)9-3-4-11-10(7-9)12(14)5-6-13-11/h3-8H,1-2H3,(H,13,14). The Morgan fingerprint density at radius 2 is 2.00 bits per heavy atom. The van der Waals surface area contributed by atoms with Gasteiger partial charge in [0.1, 0.15) is 0 Å². The lowest BCUT2D eigenvalue weighted by molar-refractivity contribution is 0.868. The SMILES string of the molecule is CC(C)c1ccc2[nH]ccc(=S)c2c1. The molecule has 0 spiro atoms. The van der Waals surface area contributed by atoms with Gasteiger partial charge in [0.2, 0.25) is 0 Å². The molecule has 14 heavy (non-hydrogen) atoms. The van der Waals surface area contributed by atoms with Crippen LogP contribution in [0.15, 0.2) is 30.5 Å². The molecule has 0 unspecified atom stereocenters. The van der Waals surface area contributed by atoms with Crippen molar-refractivity contribution in [3.8, 4) is 0 Å². The molecule has 72 valence electrons. The summed E-state index contributed by atoms with van der Waals surface area (Å²) in [6.45, 7) is 4.38. The second kappa shape index (κ2) is 3.54. The number of pyridine rings is 1. The van der Waals surface area contributed by atoms with Crippen LogP contribution in [0.4, 0.5) is 0 Å². The van der Waals surface area contributed by atoms with E-state index in [0.717, 1.165) is 15.4 Å². The minimum Gasteiger partial charge on any atom is -0.361 e. The summed E-state index contributed by atoms with van der Waals surface area (Å²) >= 11 is 5.28. The van der Waals surface area contributed by atoms with Gasteiger partial charge in [-0.15, -0.1) is 0 Å². The number of nitrogens with one attached hydrogen (secondary N) is 1. The summed E-state index contributed by atoms with van der Waals surface area (Å²) in [7, 11) is 0. The zero-order chi connectivity index (χ0) is 10.1. The fourth-order valence-electron chi connectivity index (χ4n) is 1.55. The van der Waals surface area contributed by atoms with E-state index in [-0.39, 0.29) is 0 Å². The number of aromatic nitrogens is 1. The molecular weight excluding hydrogens is 190 g/mol. The van der Waals surface area contributed by atoms with Gasteiger partial charge in [0.25, 0.3) is 0 Å². The molecule has 0 bridgehead atoms. The predicted octanol–water partition coefficient (Wildman–Crippen LogP) is 4.02. The molecule has 0 saturated carbocycles. The van der Waals surface area contributed by atoms with E-state index in [1.807, 2.05) is 12.3 Å². The zero-order valence-electron chi connectivity index (χ0n) is 8.37. The van der Waals surface area contributed by atoms with Gasteiger partial charge in [-0.1, -0.05) is 32.1 Å². The Balaban J connectivity index is 2.76. The highest BCUT2D eigenvalue weighted by molar-refractivity contribution is 7.71. The first-order valence-corrected chi connectivity index (χ1v) is 5.20. The Bertz CT molecular complexity index is 511. The minimum atomic E-state index is 0.550. The molecule has 1 N–H and O–H groups in total. The number of hydrogen-bond donors (Lipinski definition) is 1. The summed E-state index contributed by atoms with van der Waals surface area (Å²) in [6.07, 6.45) is 1.89. The lowest BCUT2D eigenvalue weighted by Gasteiger charge is -2.06. The summed E-state index contributed by atoms with van der Waals surface area (Å²) in [5.41, 5.74) is 2.45. The average Bonchev–Trinajstić information content (AvgIpc) is 2.18. The summed E-state index contributed by atoms with van der Waals surface area (Å²) in [4.78, 5) is 3.19. The molecule has 0 saturated heterocycles. The van der Waals surface area contributed by atoms with Crippen LogP contribution in [-0.4, -0.2) is 4.98 Å². The predicted molar refractivity (Wildman–Crippen MR) is 63.2 cm³/mol. The Labute approximate surface area is 88.8 Å². The van der Waals surface area contributed by atoms with Crippen molar-refractivity contribution in [1.29, 1.82) is 0 Å². The highest BCUT2D eigenvalue weighted by Gasteiger charge is 2.01. The summed E-state index contributed by atoms with van der Waals surface area (Å²) in [5, 5.41) is 1.15. The molecule has 0 aliphatic carbocycles. The van der Waals surface area contributed by atoms with Crippen LogP contribution < -0.4 is 0 Å². The van der Waals surface area contributed by atoms with Gasteiger partial charge in [-0.3, -0.25) is 0 Å². The molecule has 2 heteroatoms. The Morgan fingerprint density at radius 3 is 2.71 bits per heavy atom. The van der Waals surface area contributed by atoms with Crippen LogP contribution in [0, 0.1) is 4.51 Å². The van der Waals surface area contributed by atoms with Crippen molar-refractivity contribution in [3.63, 3.8) is 0 Å². The zero-order valence-corrected chi connectivity index (χ0v) is 9.19. The Morgan fingerprint density at radius 1 is 1.21 bits per heavy atom. The summed E-state index contributed by atoms with van der Waals surface area (Å²) in [5.74, 6) is 0.550. The van der Waals surface area contributed by atoms with Crippen molar-refractivity contribution in [1.82, 2.24) is 4.98 Å². The maximum atomic E-state index is 5.28. The van der Waals surface area contributed by atoms with Crippen LogP contribution in [0.1, 0.15) is 25.3 Å². The van der Waals surface area contributed by atoms with Gasteiger partial charge in [-0.05, 0) is 29.7 Å². The number of hydrogen-bond acceptors (Lipinski definition) is 1. The van der Waals surface area contributed by atoms with Gasteiger partial charge in [0, 0.05) is 21.6 Å². The number of aromatic amines is 1. The minimum absolute atomic E-state index is 0.550. The lowest BCUT2D eigenvalue weighted by atomic mass is 10.0. The van der Waals surface area contributed by atoms with Crippen molar-refractivity contribution >= 4 is 23.1 Å². The molecule has 1 aromatic heterocycles. The third kappa shape index (κ3) is 1.58. The lowest BCUT2D eigenvalue weighted by Crippen LogP contribution is -1.88. The van der Waals surface area contributed by atoms with Gasteiger partial charge >= 0.3 is 0 Å². The largest absolute Gasteiger partial charge is 0.361 e. The molecular formula is C12H13NS. The van der Waals surface area contributed by atoms with E-state index < -0.39 is 0 Å². The van der Waals surface area contributed by atoms with E-state index in [1.54, 1.807) is 0 Å². The Hall–Kier alpha value is -1.15. The van der Waals surface area contributed by atoms with Gasteiger partial charge in [-0.25, -0.2) is 0 Å². The maximum absolute atomic E-state index is 5.28. The summed E-state index contributed by atoms with van der Waals surface area (Å²) in [6, 6.07) is 8.36. The topological polar surface area (TPSA) is 15.8 Å². The van der Waals surface area contributed by atoms with E-state index in [9.17, 15) is 0 Å². The van der Waals surface area contributed by atoms with Gasteiger partial charge in [-0.2, -0.15) is 0 Å². The van der Waals surface area contributed by atoms with Crippen molar-refractivity contribution in [2.45, 2.75) is 19.8 Å². The fraction of sp³-hybridized carbons (Fsp3) is 0.250. The molecule has 0 aliphatic rings. The number of benzene rings is 1. The van der Waals surface area contributed by atoms with Gasteiger partial charge in [0.05, 0.1) is 0 Å². The number of H-pyrrole nitrogens is 1. The maximum Gasteiger partial charge on any atom is 0.0484 e. The number of fused-ring (bicyclic) bond motifs is 1. The van der Waals surface area contributed by atoms with Crippen molar-refractivity contribution < 1.29 is 0 Å². The normalized spacial score (nSPS) is 11.1. The molecule has 0 fully saturated rings. The van der Waals surface area contributed by atoms with Crippen LogP contribution in [0.2, 0.25) is 0 Å². The molecule has 1 aromatic carbocycles. The second-order valence-corrected chi connectivity index (χ2v) is 4.24. The van der Waals surface area contributed by atoms with E-state index in [4.69, 9.17) is 12.2 Å². The molecule has 2 rings (SSSR count). The van der Waals surface area contributed by atoms with Crippen LogP contribution in [0.5, 0.6) is 0 Å². The van der Waals surface area contributed by atoms with Crippen molar-refractivity contribution in [3.05, 3.63) is 40.5 Å². The third-order valence-electron chi connectivity index (χ3n) is 2.45.